The van der Waals surface area contributed by atoms with Gasteiger partial charge in [0.2, 0.25) is 11.8 Å². The zero-order valence-electron chi connectivity index (χ0n) is 19.2. The van der Waals surface area contributed by atoms with Crippen molar-refractivity contribution in [3.05, 3.63) is 60.2 Å². The number of hydrogen-bond donors (Lipinski definition) is 3. The summed E-state index contributed by atoms with van der Waals surface area (Å²) in [6.07, 6.45) is 1.28. The van der Waals surface area contributed by atoms with Crippen LogP contribution in [0.15, 0.2) is 54.6 Å². The highest BCUT2D eigenvalue weighted by Crippen LogP contribution is 2.38. The summed E-state index contributed by atoms with van der Waals surface area (Å²) < 4.78 is 0. The number of hydrogen-bond acceptors (Lipinski definition) is 4. The predicted octanol–water partition coefficient (Wildman–Crippen LogP) is 2.75. The Morgan fingerprint density at radius 3 is 2.53 bits per heavy atom. The highest BCUT2D eigenvalue weighted by atomic mass is 16.2. The van der Waals surface area contributed by atoms with Gasteiger partial charge in [-0.25, -0.2) is 0 Å². The lowest BCUT2D eigenvalue weighted by Gasteiger charge is -2.31. The van der Waals surface area contributed by atoms with Gasteiger partial charge in [0, 0.05) is 31.7 Å². The van der Waals surface area contributed by atoms with Gasteiger partial charge in [0.15, 0.2) is 0 Å². The molecule has 2 aliphatic rings. The number of nitrogens with one attached hydrogen (secondary N) is 3. The largest absolute Gasteiger partial charge is 0.353 e. The molecule has 6 heteroatoms. The maximum atomic E-state index is 13.5. The van der Waals surface area contributed by atoms with Crippen LogP contribution in [0.2, 0.25) is 0 Å². The molecule has 3 atom stereocenters. The van der Waals surface area contributed by atoms with Crippen LogP contribution in [-0.4, -0.2) is 48.4 Å². The van der Waals surface area contributed by atoms with Gasteiger partial charge in [0.25, 0.3) is 0 Å². The highest BCUT2D eigenvalue weighted by Gasteiger charge is 2.48. The molecule has 4 rings (SSSR count). The molecule has 2 aromatic rings. The molecule has 0 aromatic heterocycles. The average Bonchev–Trinajstić information content (AvgIpc) is 3.41. The summed E-state index contributed by atoms with van der Waals surface area (Å²) in [6, 6.07) is 18.7. The van der Waals surface area contributed by atoms with Gasteiger partial charge in [-0.1, -0.05) is 54.6 Å². The summed E-state index contributed by atoms with van der Waals surface area (Å²) in [4.78, 5) is 28.7. The molecule has 3 unspecified atom stereocenters. The van der Waals surface area contributed by atoms with Crippen molar-refractivity contribution < 1.29 is 9.59 Å². The SMILES string of the molecule is CC(C)NC(=O)C1(Cc2ccccc2-c2ccccc2)CCN(C(=O)C2CNNC2C)C1. The second kappa shape index (κ2) is 9.43. The second-order valence-corrected chi connectivity index (χ2v) is 9.54. The monoisotopic (exact) mass is 434 g/mol. The first-order valence-electron chi connectivity index (χ1n) is 11.6. The molecule has 0 bridgehead atoms. The molecule has 2 heterocycles. The Hall–Kier alpha value is -2.70. The van der Waals surface area contributed by atoms with E-state index in [4.69, 9.17) is 0 Å². The van der Waals surface area contributed by atoms with E-state index in [1.54, 1.807) is 0 Å². The van der Waals surface area contributed by atoms with Crippen LogP contribution in [0.5, 0.6) is 0 Å². The van der Waals surface area contributed by atoms with Gasteiger partial charge in [-0.2, -0.15) is 0 Å². The first-order valence-corrected chi connectivity index (χ1v) is 11.6. The van der Waals surface area contributed by atoms with E-state index in [9.17, 15) is 9.59 Å². The van der Waals surface area contributed by atoms with Crippen LogP contribution in [0.1, 0.15) is 32.8 Å². The number of carbonyl (C=O) groups excluding carboxylic acids is 2. The summed E-state index contributed by atoms with van der Waals surface area (Å²) >= 11 is 0. The normalized spacial score (nSPS) is 25.3. The molecule has 6 nitrogen and oxygen atoms in total. The number of nitrogens with zero attached hydrogens (tertiary/aromatic N) is 1. The van der Waals surface area contributed by atoms with Crippen molar-refractivity contribution in [2.75, 3.05) is 19.6 Å². The Morgan fingerprint density at radius 1 is 1.12 bits per heavy atom. The van der Waals surface area contributed by atoms with Gasteiger partial charge in [-0.15, -0.1) is 0 Å². The third kappa shape index (κ3) is 4.57. The number of hydrazine groups is 1. The van der Waals surface area contributed by atoms with Crippen molar-refractivity contribution in [3.63, 3.8) is 0 Å². The molecule has 2 aliphatic heterocycles. The molecular formula is C26H34N4O2. The molecule has 0 spiro atoms. The van der Waals surface area contributed by atoms with E-state index in [0.29, 0.717) is 32.5 Å². The molecule has 2 fully saturated rings. The van der Waals surface area contributed by atoms with Crippen molar-refractivity contribution in [2.24, 2.45) is 11.3 Å². The first kappa shape index (κ1) is 22.5. The molecule has 3 N–H and O–H groups in total. The van der Waals surface area contributed by atoms with E-state index in [2.05, 4.69) is 40.4 Å². The zero-order valence-corrected chi connectivity index (χ0v) is 19.2. The molecule has 32 heavy (non-hydrogen) atoms. The number of amides is 2. The quantitative estimate of drug-likeness (QED) is 0.654. The number of carbonyl (C=O) groups is 2. The Bertz CT molecular complexity index is 961. The molecular weight excluding hydrogens is 400 g/mol. The van der Waals surface area contributed by atoms with Gasteiger partial charge in [-0.3, -0.25) is 20.4 Å². The van der Waals surface area contributed by atoms with Gasteiger partial charge < -0.3 is 10.2 Å². The van der Waals surface area contributed by atoms with Crippen LogP contribution in [-0.2, 0) is 16.0 Å². The van der Waals surface area contributed by atoms with E-state index < -0.39 is 5.41 Å². The van der Waals surface area contributed by atoms with Crippen molar-refractivity contribution in [3.8, 4) is 11.1 Å². The Kier molecular flexibility index (Phi) is 6.63. The number of benzene rings is 2. The van der Waals surface area contributed by atoms with Gasteiger partial charge in [0.05, 0.1) is 11.3 Å². The van der Waals surface area contributed by atoms with Crippen LogP contribution >= 0.6 is 0 Å². The molecule has 2 amide bonds. The molecule has 0 saturated carbocycles. The predicted molar refractivity (Wildman–Crippen MR) is 127 cm³/mol. The standard InChI is InChI=1S/C26H34N4O2/c1-18(2)28-25(32)26(13-14-30(17-26)24(31)23-16-27-29-19(23)3)15-21-11-7-8-12-22(21)20-9-5-4-6-10-20/h4-12,18-19,23,27,29H,13-17H2,1-3H3,(H,28,32). The highest BCUT2D eigenvalue weighted by molar-refractivity contribution is 5.87. The van der Waals surface area contributed by atoms with Crippen molar-refractivity contribution in [1.29, 1.82) is 0 Å². The summed E-state index contributed by atoms with van der Waals surface area (Å²) in [5.74, 6) is 0.0718. The minimum absolute atomic E-state index is 0.0429. The van der Waals surface area contributed by atoms with E-state index in [1.165, 1.54) is 0 Å². The third-order valence-corrected chi connectivity index (χ3v) is 6.77. The van der Waals surface area contributed by atoms with Gasteiger partial charge in [-0.05, 0) is 50.3 Å². The topological polar surface area (TPSA) is 73.5 Å². The van der Waals surface area contributed by atoms with Gasteiger partial charge >= 0.3 is 0 Å². The summed E-state index contributed by atoms with van der Waals surface area (Å²) in [5.41, 5.74) is 9.02. The van der Waals surface area contributed by atoms with Crippen LogP contribution in [0.4, 0.5) is 0 Å². The first-order chi connectivity index (χ1) is 15.4. The number of likely N-dealkylation sites (tertiary alicyclic amines) is 1. The molecule has 2 saturated heterocycles. The fourth-order valence-electron chi connectivity index (χ4n) is 4.97. The zero-order chi connectivity index (χ0) is 22.7. The van der Waals surface area contributed by atoms with E-state index in [1.807, 2.05) is 56.0 Å². The van der Waals surface area contributed by atoms with E-state index in [0.717, 1.165) is 16.7 Å². The smallest absolute Gasteiger partial charge is 0.228 e. The fraction of sp³-hybridized carbons (Fsp3) is 0.462. The Morgan fingerprint density at radius 2 is 1.84 bits per heavy atom. The van der Waals surface area contributed by atoms with Crippen LogP contribution in [0.3, 0.4) is 0 Å². The second-order valence-electron chi connectivity index (χ2n) is 9.54. The van der Waals surface area contributed by atoms with Crippen LogP contribution < -0.4 is 16.2 Å². The maximum Gasteiger partial charge on any atom is 0.228 e. The Balaban J connectivity index is 1.63. The molecule has 0 radical (unpaired) electrons. The lowest BCUT2D eigenvalue weighted by molar-refractivity contribution is -0.136. The van der Waals surface area contributed by atoms with E-state index in [-0.39, 0.29) is 29.8 Å². The Labute approximate surface area is 190 Å². The van der Waals surface area contributed by atoms with Crippen molar-refractivity contribution >= 4 is 11.8 Å². The summed E-state index contributed by atoms with van der Waals surface area (Å²) in [7, 11) is 0. The fourth-order valence-corrected chi connectivity index (χ4v) is 4.97. The lowest BCUT2D eigenvalue weighted by atomic mass is 9.78. The summed E-state index contributed by atoms with van der Waals surface area (Å²) in [6.45, 7) is 7.68. The molecule has 2 aromatic carbocycles. The van der Waals surface area contributed by atoms with Crippen molar-refractivity contribution in [2.45, 2.75) is 45.7 Å². The van der Waals surface area contributed by atoms with Gasteiger partial charge in [0.1, 0.15) is 0 Å². The van der Waals surface area contributed by atoms with Crippen molar-refractivity contribution in [1.82, 2.24) is 21.1 Å². The summed E-state index contributed by atoms with van der Waals surface area (Å²) in [5, 5.41) is 3.14. The maximum absolute atomic E-state index is 13.5. The third-order valence-electron chi connectivity index (χ3n) is 6.77. The van der Waals surface area contributed by atoms with Crippen LogP contribution in [0, 0.1) is 11.3 Å². The average molecular weight is 435 g/mol. The lowest BCUT2D eigenvalue weighted by Crippen LogP contribution is -2.48. The molecule has 170 valence electrons. The minimum Gasteiger partial charge on any atom is -0.353 e. The minimum atomic E-state index is -0.631. The van der Waals surface area contributed by atoms with E-state index >= 15 is 0 Å². The molecule has 0 aliphatic carbocycles. The van der Waals surface area contributed by atoms with Crippen LogP contribution in [0.25, 0.3) is 11.1 Å². The number of rotatable bonds is 6.